The minimum atomic E-state index is -0.281. The van der Waals surface area contributed by atoms with Crippen molar-refractivity contribution in [3.63, 3.8) is 0 Å². The Labute approximate surface area is 123 Å². The predicted octanol–water partition coefficient (Wildman–Crippen LogP) is 2.12. The number of ether oxygens (including phenoxy) is 1. The summed E-state index contributed by atoms with van der Waals surface area (Å²) in [5.41, 5.74) is 3.28. The standard InChI is InChI=1S/C16H20N2O3/c1-9-5-11-7-14(21-13(11)6-10(9)2)15-17-16(19)12(8-20-4)18(15)3/h5-7,12,15H,8H2,1-4H3,(H,17,19)/t12-,15?/m0/s1. The van der Waals surface area contributed by atoms with Crippen LogP contribution in [0.2, 0.25) is 0 Å². The van der Waals surface area contributed by atoms with Crippen LogP contribution in [0.25, 0.3) is 11.0 Å². The first-order valence-electron chi connectivity index (χ1n) is 7.03. The zero-order valence-electron chi connectivity index (χ0n) is 12.8. The van der Waals surface area contributed by atoms with Crippen LogP contribution in [-0.2, 0) is 9.53 Å². The van der Waals surface area contributed by atoms with Gasteiger partial charge in [0.05, 0.1) is 6.61 Å². The molecular weight excluding hydrogens is 268 g/mol. The Morgan fingerprint density at radius 2 is 2.00 bits per heavy atom. The maximum Gasteiger partial charge on any atom is 0.241 e. The molecule has 1 amide bonds. The highest BCUT2D eigenvalue weighted by atomic mass is 16.5. The summed E-state index contributed by atoms with van der Waals surface area (Å²) >= 11 is 0. The summed E-state index contributed by atoms with van der Waals surface area (Å²) in [6.45, 7) is 4.52. The van der Waals surface area contributed by atoms with E-state index in [0.29, 0.717) is 6.61 Å². The van der Waals surface area contributed by atoms with E-state index in [1.54, 1.807) is 7.11 Å². The van der Waals surface area contributed by atoms with Crippen LogP contribution in [0.15, 0.2) is 22.6 Å². The molecule has 0 radical (unpaired) electrons. The molecule has 1 aliphatic rings. The van der Waals surface area contributed by atoms with Gasteiger partial charge in [-0.25, -0.2) is 0 Å². The molecule has 0 bridgehead atoms. The van der Waals surface area contributed by atoms with E-state index in [0.717, 1.165) is 16.7 Å². The van der Waals surface area contributed by atoms with Crippen molar-refractivity contribution >= 4 is 16.9 Å². The molecule has 0 aliphatic carbocycles. The second-order valence-electron chi connectivity index (χ2n) is 5.67. The molecule has 1 fully saturated rings. The van der Waals surface area contributed by atoms with Crippen molar-refractivity contribution in [1.82, 2.24) is 10.2 Å². The number of carbonyl (C=O) groups excluding carboxylic acids is 1. The second-order valence-corrected chi connectivity index (χ2v) is 5.67. The maximum absolute atomic E-state index is 12.0. The molecule has 5 heteroatoms. The average Bonchev–Trinajstić information content (AvgIpc) is 2.95. The summed E-state index contributed by atoms with van der Waals surface area (Å²) in [6.07, 6.45) is -0.245. The third kappa shape index (κ3) is 2.32. The first kappa shape index (κ1) is 14.1. The van der Waals surface area contributed by atoms with Gasteiger partial charge >= 0.3 is 0 Å². The van der Waals surface area contributed by atoms with Crippen LogP contribution in [0.3, 0.4) is 0 Å². The van der Waals surface area contributed by atoms with Crippen molar-refractivity contribution < 1.29 is 13.9 Å². The van der Waals surface area contributed by atoms with Crippen molar-refractivity contribution in [2.45, 2.75) is 26.1 Å². The first-order valence-corrected chi connectivity index (χ1v) is 7.03. The maximum atomic E-state index is 12.0. The van der Waals surface area contributed by atoms with E-state index in [2.05, 4.69) is 25.2 Å². The topological polar surface area (TPSA) is 54.7 Å². The number of amides is 1. The van der Waals surface area contributed by atoms with Crippen molar-refractivity contribution in [3.05, 3.63) is 35.1 Å². The van der Waals surface area contributed by atoms with Gasteiger partial charge in [0.2, 0.25) is 5.91 Å². The zero-order valence-corrected chi connectivity index (χ0v) is 12.8. The number of nitrogens with one attached hydrogen (secondary N) is 1. The van der Waals surface area contributed by atoms with Crippen LogP contribution in [0, 0.1) is 13.8 Å². The monoisotopic (exact) mass is 288 g/mol. The largest absolute Gasteiger partial charge is 0.457 e. The zero-order chi connectivity index (χ0) is 15.1. The summed E-state index contributed by atoms with van der Waals surface area (Å²) < 4.78 is 11.0. The van der Waals surface area contributed by atoms with Gasteiger partial charge in [-0.2, -0.15) is 0 Å². The molecule has 21 heavy (non-hydrogen) atoms. The van der Waals surface area contributed by atoms with Crippen molar-refractivity contribution in [2.75, 3.05) is 20.8 Å². The number of hydrogen-bond acceptors (Lipinski definition) is 4. The average molecular weight is 288 g/mol. The Kier molecular flexibility index (Phi) is 3.47. The van der Waals surface area contributed by atoms with Gasteiger partial charge in [0.25, 0.3) is 0 Å². The van der Waals surface area contributed by atoms with Gasteiger partial charge in [0.1, 0.15) is 23.6 Å². The quantitative estimate of drug-likeness (QED) is 0.940. The molecule has 0 saturated carbocycles. The van der Waals surface area contributed by atoms with Crippen LogP contribution >= 0.6 is 0 Å². The van der Waals surface area contributed by atoms with Gasteiger partial charge in [-0.05, 0) is 50.2 Å². The fourth-order valence-corrected chi connectivity index (χ4v) is 2.78. The SMILES string of the molecule is COC[C@H]1C(=O)NC(c2cc3cc(C)c(C)cc3o2)N1C. The third-order valence-corrected chi connectivity index (χ3v) is 4.23. The Balaban J connectivity index is 1.95. The number of likely N-dealkylation sites (N-methyl/N-ethyl adjacent to an activating group) is 1. The van der Waals surface area contributed by atoms with E-state index in [9.17, 15) is 4.79 Å². The highest BCUT2D eigenvalue weighted by molar-refractivity contribution is 5.85. The Hall–Kier alpha value is -1.85. The van der Waals surface area contributed by atoms with Crippen LogP contribution in [0.5, 0.6) is 0 Å². The van der Waals surface area contributed by atoms with Crippen molar-refractivity contribution in [2.24, 2.45) is 0 Å². The van der Waals surface area contributed by atoms with Crippen molar-refractivity contribution in [3.8, 4) is 0 Å². The number of benzene rings is 1. The summed E-state index contributed by atoms with van der Waals surface area (Å²) in [5, 5.41) is 4.02. The van der Waals surface area contributed by atoms with E-state index in [1.807, 2.05) is 24.1 Å². The molecule has 1 aromatic heterocycles. The molecule has 0 spiro atoms. The Bertz CT molecular complexity index is 653. The van der Waals surface area contributed by atoms with E-state index < -0.39 is 0 Å². The molecule has 1 N–H and O–H groups in total. The highest BCUT2D eigenvalue weighted by Gasteiger charge is 2.39. The minimum Gasteiger partial charge on any atom is -0.457 e. The lowest BCUT2D eigenvalue weighted by Crippen LogP contribution is -2.34. The fourth-order valence-electron chi connectivity index (χ4n) is 2.78. The predicted molar refractivity (Wildman–Crippen MR) is 80.0 cm³/mol. The lowest BCUT2D eigenvalue weighted by Gasteiger charge is -2.20. The summed E-state index contributed by atoms with van der Waals surface area (Å²) in [4.78, 5) is 14.0. The van der Waals surface area contributed by atoms with E-state index in [1.165, 1.54) is 11.1 Å². The fraction of sp³-hybridized carbons (Fsp3) is 0.438. The lowest BCUT2D eigenvalue weighted by atomic mass is 10.1. The number of aryl methyl sites for hydroxylation is 2. The molecule has 112 valence electrons. The molecule has 3 rings (SSSR count). The molecule has 5 nitrogen and oxygen atoms in total. The van der Waals surface area contributed by atoms with Gasteiger partial charge in [-0.15, -0.1) is 0 Å². The molecule has 2 atom stereocenters. The van der Waals surface area contributed by atoms with Crippen LogP contribution in [0.4, 0.5) is 0 Å². The minimum absolute atomic E-state index is 0.0304. The highest BCUT2D eigenvalue weighted by Crippen LogP contribution is 2.31. The smallest absolute Gasteiger partial charge is 0.241 e. The number of rotatable bonds is 3. The number of carbonyl (C=O) groups is 1. The molecule has 2 aromatic rings. The molecule has 1 saturated heterocycles. The first-order chi connectivity index (χ1) is 10.0. The van der Waals surface area contributed by atoms with Crippen LogP contribution < -0.4 is 5.32 Å². The van der Waals surface area contributed by atoms with Crippen molar-refractivity contribution in [1.29, 1.82) is 0 Å². The molecule has 2 heterocycles. The summed E-state index contributed by atoms with van der Waals surface area (Å²) in [6, 6.07) is 5.87. The number of hydrogen-bond donors (Lipinski definition) is 1. The number of fused-ring (bicyclic) bond motifs is 1. The van der Waals surface area contributed by atoms with E-state index in [4.69, 9.17) is 9.15 Å². The third-order valence-electron chi connectivity index (χ3n) is 4.23. The van der Waals surface area contributed by atoms with E-state index in [-0.39, 0.29) is 18.1 Å². The van der Waals surface area contributed by atoms with Gasteiger partial charge in [0.15, 0.2) is 0 Å². The molecule has 1 aliphatic heterocycles. The Morgan fingerprint density at radius 1 is 1.29 bits per heavy atom. The van der Waals surface area contributed by atoms with Gasteiger partial charge in [-0.3, -0.25) is 9.69 Å². The van der Waals surface area contributed by atoms with E-state index >= 15 is 0 Å². The second kappa shape index (κ2) is 5.16. The Morgan fingerprint density at radius 3 is 2.71 bits per heavy atom. The number of nitrogens with zero attached hydrogens (tertiary/aromatic N) is 1. The summed E-state index contributed by atoms with van der Waals surface area (Å²) in [7, 11) is 3.50. The van der Waals surface area contributed by atoms with Crippen LogP contribution in [0.1, 0.15) is 23.1 Å². The normalized spacial score (nSPS) is 23.0. The molecule has 1 aromatic carbocycles. The summed E-state index contributed by atoms with van der Waals surface area (Å²) in [5.74, 6) is 0.724. The van der Waals surface area contributed by atoms with Gasteiger partial charge in [-0.1, -0.05) is 0 Å². The van der Waals surface area contributed by atoms with Crippen LogP contribution in [-0.4, -0.2) is 37.6 Å². The van der Waals surface area contributed by atoms with Gasteiger partial charge in [0, 0.05) is 12.5 Å². The number of furan rings is 1. The number of methoxy groups -OCH3 is 1. The molecular formula is C16H20N2O3. The van der Waals surface area contributed by atoms with Gasteiger partial charge < -0.3 is 14.5 Å². The lowest BCUT2D eigenvalue weighted by molar-refractivity contribution is -0.122. The molecule has 1 unspecified atom stereocenters.